The van der Waals surface area contributed by atoms with Crippen molar-refractivity contribution in [2.24, 2.45) is 0 Å². The first-order chi connectivity index (χ1) is 12.1. The molecule has 2 aromatic rings. The monoisotopic (exact) mass is 343 g/mol. The van der Waals surface area contributed by atoms with Crippen molar-refractivity contribution < 1.29 is 14.1 Å². The van der Waals surface area contributed by atoms with Crippen LogP contribution >= 0.6 is 0 Å². The molecule has 2 heterocycles. The summed E-state index contributed by atoms with van der Waals surface area (Å²) in [6.45, 7) is 5.01. The maximum absolute atomic E-state index is 11.2. The molecule has 1 aromatic carbocycles. The molecule has 134 valence electrons. The summed E-state index contributed by atoms with van der Waals surface area (Å²) in [5.41, 5.74) is 1.53. The van der Waals surface area contributed by atoms with Crippen molar-refractivity contribution in [2.75, 3.05) is 20.2 Å². The second kappa shape index (κ2) is 7.78. The molecule has 0 bridgehead atoms. The van der Waals surface area contributed by atoms with Crippen LogP contribution in [-0.2, 0) is 27.9 Å². The molecule has 6 heteroatoms. The molecule has 0 saturated carbocycles. The maximum atomic E-state index is 11.2. The fourth-order valence-electron chi connectivity index (χ4n) is 3.52. The Morgan fingerprint density at radius 3 is 2.92 bits per heavy atom. The third-order valence-electron chi connectivity index (χ3n) is 4.89. The number of aryl methyl sites for hydroxylation is 1. The first-order valence-corrected chi connectivity index (χ1v) is 8.75. The van der Waals surface area contributed by atoms with E-state index in [1.54, 1.807) is 0 Å². The lowest BCUT2D eigenvalue weighted by atomic mass is 9.76. The quantitative estimate of drug-likeness (QED) is 0.751. The Hall–Kier alpha value is -2.21. The van der Waals surface area contributed by atoms with Crippen LogP contribution in [0.2, 0.25) is 0 Å². The van der Waals surface area contributed by atoms with Crippen molar-refractivity contribution in [3.63, 3.8) is 0 Å². The average Bonchev–Trinajstić information content (AvgIpc) is 3.08. The van der Waals surface area contributed by atoms with Crippen LogP contribution < -0.4 is 0 Å². The van der Waals surface area contributed by atoms with Gasteiger partial charge < -0.3 is 9.26 Å². The van der Waals surface area contributed by atoms with Gasteiger partial charge in [0.2, 0.25) is 5.89 Å². The van der Waals surface area contributed by atoms with Crippen LogP contribution in [0.4, 0.5) is 0 Å². The Kier molecular flexibility index (Phi) is 5.48. The number of ether oxygens (including phenoxy) is 1. The Labute approximate surface area is 148 Å². The lowest BCUT2D eigenvalue weighted by molar-refractivity contribution is -0.140. The number of methoxy groups -OCH3 is 1. The molecular formula is C19H25N3O3. The van der Waals surface area contributed by atoms with E-state index in [9.17, 15) is 4.79 Å². The molecule has 1 aromatic heterocycles. The molecule has 0 radical (unpaired) electrons. The van der Waals surface area contributed by atoms with E-state index in [-0.39, 0.29) is 17.8 Å². The van der Waals surface area contributed by atoms with E-state index in [1.807, 2.05) is 0 Å². The molecule has 1 aliphatic rings. The Morgan fingerprint density at radius 1 is 1.36 bits per heavy atom. The number of carbonyl (C=O) groups excluding carboxylic acids is 1. The minimum Gasteiger partial charge on any atom is -0.469 e. The van der Waals surface area contributed by atoms with E-state index in [4.69, 9.17) is 4.52 Å². The Bertz CT molecular complexity index is 701. The van der Waals surface area contributed by atoms with Crippen LogP contribution in [0.5, 0.6) is 0 Å². The minimum atomic E-state index is -0.269. The van der Waals surface area contributed by atoms with Crippen molar-refractivity contribution in [1.82, 2.24) is 15.0 Å². The summed E-state index contributed by atoms with van der Waals surface area (Å²) >= 11 is 0. The fourth-order valence-corrected chi connectivity index (χ4v) is 3.52. The highest BCUT2D eigenvalue weighted by Gasteiger charge is 2.32. The van der Waals surface area contributed by atoms with Gasteiger partial charge in [-0.15, -0.1) is 0 Å². The van der Waals surface area contributed by atoms with E-state index in [0.717, 1.165) is 19.5 Å². The summed E-state index contributed by atoms with van der Waals surface area (Å²) in [5.74, 6) is 0.898. The van der Waals surface area contributed by atoms with E-state index >= 15 is 0 Å². The number of esters is 1. The summed E-state index contributed by atoms with van der Waals surface area (Å²) < 4.78 is 9.87. The molecule has 25 heavy (non-hydrogen) atoms. The standard InChI is InChI=1S/C19H25N3O3/c1-19(15-7-4-3-5-8-15)11-6-12-22(14-19)13-16-20-17(25-21-16)9-10-18(23)24-2/h3-5,7-8H,6,9-14H2,1-2H3/t19-/m1/s1. The van der Waals surface area contributed by atoms with Crippen LogP contribution in [-0.4, -0.2) is 41.2 Å². The molecule has 1 atom stereocenters. The number of piperidine rings is 1. The maximum Gasteiger partial charge on any atom is 0.306 e. The normalized spacial score (nSPS) is 21.2. The van der Waals surface area contributed by atoms with E-state index in [0.29, 0.717) is 24.7 Å². The summed E-state index contributed by atoms with van der Waals surface area (Å²) in [6, 6.07) is 10.7. The van der Waals surface area contributed by atoms with Crippen LogP contribution in [0.25, 0.3) is 0 Å². The minimum absolute atomic E-state index is 0.150. The van der Waals surface area contributed by atoms with Gasteiger partial charge in [-0.1, -0.05) is 42.4 Å². The average molecular weight is 343 g/mol. The van der Waals surface area contributed by atoms with Gasteiger partial charge in [0.15, 0.2) is 5.82 Å². The molecule has 3 rings (SSSR count). The molecule has 6 nitrogen and oxygen atoms in total. The van der Waals surface area contributed by atoms with E-state index in [2.05, 4.69) is 57.0 Å². The summed E-state index contributed by atoms with van der Waals surface area (Å²) in [7, 11) is 1.38. The van der Waals surface area contributed by atoms with Crippen LogP contribution in [0.15, 0.2) is 34.9 Å². The topological polar surface area (TPSA) is 68.5 Å². The molecule has 0 amide bonds. The van der Waals surface area contributed by atoms with Gasteiger partial charge in [0.1, 0.15) is 0 Å². The first kappa shape index (κ1) is 17.6. The highest BCUT2D eigenvalue weighted by atomic mass is 16.5. The highest BCUT2D eigenvalue weighted by molar-refractivity contribution is 5.69. The van der Waals surface area contributed by atoms with Crippen molar-refractivity contribution in [3.8, 4) is 0 Å². The number of rotatable bonds is 6. The third kappa shape index (κ3) is 4.45. The van der Waals surface area contributed by atoms with Crippen molar-refractivity contribution in [1.29, 1.82) is 0 Å². The number of hydrogen-bond acceptors (Lipinski definition) is 6. The van der Waals surface area contributed by atoms with Crippen LogP contribution in [0.1, 0.15) is 43.5 Å². The zero-order valence-electron chi connectivity index (χ0n) is 14.9. The molecule has 1 saturated heterocycles. The largest absolute Gasteiger partial charge is 0.469 e. The lowest BCUT2D eigenvalue weighted by Crippen LogP contribution is -2.44. The number of nitrogens with zero attached hydrogens (tertiary/aromatic N) is 3. The highest BCUT2D eigenvalue weighted by Crippen LogP contribution is 2.33. The van der Waals surface area contributed by atoms with Crippen molar-refractivity contribution in [2.45, 2.75) is 44.6 Å². The predicted octanol–water partition coefficient (Wildman–Crippen LogP) is 2.73. The lowest BCUT2D eigenvalue weighted by Gasteiger charge is -2.40. The van der Waals surface area contributed by atoms with Gasteiger partial charge in [0.05, 0.1) is 20.1 Å². The van der Waals surface area contributed by atoms with Gasteiger partial charge in [0, 0.05) is 18.4 Å². The van der Waals surface area contributed by atoms with Gasteiger partial charge in [-0.25, -0.2) is 0 Å². The Balaban J connectivity index is 1.60. The second-order valence-corrected chi connectivity index (χ2v) is 6.92. The van der Waals surface area contributed by atoms with Crippen molar-refractivity contribution in [3.05, 3.63) is 47.6 Å². The van der Waals surface area contributed by atoms with Gasteiger partial charge in [-0.2, -0.15) is 4.98 Å². The van der Waals surface area contributed by atoms with Gasteiger partial charge in [-0.05, 0) is 24.9 Å². The van der Waals surface area contributed by atoms with Gasteiger partial charge in [0.25, 0.3) is 0 Å². The van der Waals surface area contributed by atoms with Gasteiger partial charge >= 0.3 is 5.97 Å². The zero-order chi connectivity index (χ0) is 17.7. The molecule has 0 unspecified atom stereocenters. The van der Waals surface area contributed by atoms with Crippen LogP contribution in [0.3, 0.4) is 0 Å². The molecule has 0 aliphatic carbocycles. The smallest absolute Gasteiger partial charge is 0.306 e. The summed E-state index contributed by atoms with van der Waals surface area (Å²) in [5, 5.41) is 4.05. The number of carbonyl (C=O) groups is 1. The number of likely N-dealkylation sites (tertiary alicyclic amines) is 1. The summed E-state index contributed by atoms with van der Waals surface area (Å²) in [6.07, 6.45) is 3.01. The molecule has 0 spiro atoms. The third-order valence-corrected chi connectivity index (χ3v) is 4.89. The molecule has 0 N–H and O–H groups in total. The number of aromatic nitrogens is 2. The van der Waals surface area contributed by atoms with E-state index < -0.39 is 0 Å². The van der Waals surface area contributed by atoms with Gasteiger partial charge in [-0.3, -0.25) is 9.69 Å². The zero-order valence-corrected chi connectivity index (χ0v) is 14.9. The first-order valence-electron chi connectivity index (χ1n) is 8.75. The SMILES string of the molecule is COC(=O)CCc1nc(CN2CCC[C@@](C)(c3ccccc3)C2)no1. The summed E-state index contributed by atoms with van der Waals surface area (Å²) in [4.78, 5) is 18.0. The number of benzene rings is 1. The molecular weight excluding hydrogens is 318 g/mol. The van der Waals surface area contributed by atoms with E-state index in [1.165, 1.54) is 19.1 Å². The van der Waals surface area contributed by atoms with Crippen molar-refractivity contribution >= 4 is 5.97 Å². The molecule has 1 aliphatic heterocycles. The fraction of sp³-hybridized carbons (Fsp3) is 0.526. The van der Waals surface area contributed by atoms with Crippen LogP contribution in [0, 0.1) is 0 Å². The second-order valence-electron chi connectivity index (χ2n) is 6.92. The number of hydrogen-bond donors (Lipinski definition) is 0. The molecule has 1 fully saturated rings. The Morgan fingerprint density at radius 2 is 2.16 bits per heavy atom. The predicted molar refractivity (Wildman–Crippen MR) is 92.9 cm³/mol.